The molecule has 0 atom stereocenters. The van der Waals surface area contributed by atoms with Crippen LogP contribution in [0, 0.1) is 0 Å². The molecule has 2 aliphatic carbocycles. The fourth-order valence-corrected chi connectivity index (χ4v) is 11.1. The van der Waals surface area contributed by atoms with Gasteiger partial charge >= 0.3 is 0 Å². The van der Waals surface area contributed by atoms with E-state index in [9.17, 15) is 0 Å². The number of allylic oxidation sites excluding steroid dienone is 2. The van der Waals surface area contributed by atoms with Crippen molar-refractivity contribution in [1.82, 2.24) is 13.7 Å². The number of rotatable bonds is 2. The van der Waals surface area contributed by atoms with Crippen LogP contribution in [-0.2, 0) is 21.1 Å². The van der Waals surface area contributed by atoms with Crippen molar-refractivity contribution in [2.75, 3.05) is 0 Å². The zero-order chi connectivity index (χ0) is 30.2. The Morgan fingerprint density at radius 1 is 0.500 bits per heavy atom. The van der Waals surface area contributed by atoms with Gasteiger partial charge < -0.3 is 13.7 Å². The van der Waals surface area contributed by atoms with Gasteiger partial charge in [0.05, 0.1) is 60.3 Å². The third-order valence-corrected chi connectivity index (χ3v) is 13.2. The van der Waals surface area contributed by atoms with Crippen LogP contribution in [0.3, 0.4) is 0 Å². The molecule has 44 heavy (non-hydrogen) atoms. The monoisotopic (exact) mass is 675 g/mol. The normalized spacial score (nSPS) is 14.8. The molecule has 0 spiro atoms. The Labute approximate surface area is 282 Å². The van der Waals surface area contributed by atoms with E-state index in [0.29, 0.717) is 0 Å². The highest BCUT2D eigenvalue weighted by atomic mass is 32.1. The third kappa shape index (κ3) is 3.40. The number of fused-ring (bicyclic) bond motifs is 9. The van der Waals surface area contributed by atoms with E-state index in [1.54, 1.807) is 0 Å². The van der Waals surface area contributed by atoms with Crippen LogP contribution in [0.15, 0.2) is 71.8 Å². The highest BCUT2D eigenvalue weighted by Gasteiger charge is 2.29. The summed E-state index contributed by atoms with van der Waals surface area (Å²) < 4.78 is 12.1. The van der Waals surface area contributed by atoms with E-state index in [2.05, 4.69) is 83.4 Å². The Hall–Kier alpha value is -3.44. The zero-order valence-electron chi connectivity index (χ0n) is 23.7. The van der Waals surface area contributed by atoms with Crippen molar-refractivity contribution in [2.45, 2.75) is 0 Å². The van der Waals surface area contributed by atoms with Crippen molar-refractivity contribution in [2.24, 2.45) is 21.1 Å². The summed E-state index contributed by atoms with van der Waals surface area (Å²) in [6.45, 7) is 0. The van der Waals surface area contributed by atoms with Crippen molar-refractivity contribution in [3.8, 4) is 0 Å². The molecular weight excluding hydrogens is 655 g/mol. The number of hydrogen-bond donors (Lipinski definition) is 0. The van der Waals surface area contributed by atoms with Crippen molar-refractivity contribution < 1.29 is 0 Å². The second-order valence-corrected chi connectivity index (χ2v) is 15.1. The Kier molecular flexibility index (Phi) is 5.69. The minimum absolute atomic E-state index is 0.833. The molecular formula is C35H21N3S6. The molecule has 0 unspecified atom stereocenters. The quantitative estimate of drug-likeness (QED) is 0.134. The predicted molar refractivity (Wildman–Crippen MR) is 205 cm³/mol. The van der Waals surface area contributed by atoms with Crippen LogP contribution in [0.25, 0.3) is 53.0 Å². The lowest BCUT2D eigenvalue weighted by Gasteiger charge is -2.05. The topological polar surface area (TPSA) is 14.8 Å². The summed E-state index contributed by atoms with van der Waals surface area (Å²) >= 11 is 27.1. The molecule has 0 radical (unpaired) electrons. The number of benzene rings is 2. The first-order valence-corrected chi connectivity index (χ1v) is 17.3. The minimum atomic E-state index is 0.833. The van der Waals surface area contributed by atoms with E-state index in [0.717, 1.165) is 64.2 Å². The summed E-state index contributed by atoms with van der Waals surface area (Å²) in [4.78, 5) is 3.33. The smallest absolute Gasteiger partial charge is 0.0855 e. The van der Waals surface area contributed by atoms with E-state index < -0.39 is 0 Å². The first kappa shape index (κ1) is 26.9. The SMILES string of the molecule is Cn1c(C=C2C(=S)c3ccccc3C2=S)cc2sc3c4sc5cc(C=C6C(=S)c7ccccc7C6=S)n(C)c5c4n(C)c3c21. The third-order valence-electron chi connectivity index (χ3n) is 9.05. The van der Waals surface area contributed by atoms with Gasteiger partial charge in [-0.25, -0.2) is 0 Å². The average Bonchev–Trinajstić information content (AvgIpc) is 3.85. The van der Waals surface area contributed by atoms with Gasteiger partial charge in [0, 0.05) is 65.9 Å². The highest BCUT2D eigenvalue weighted by Crippen LogP contribution is 2.48. The molecule has 2 aromatic carbocycles. The van der Waals surface area contributed by atoms with E-state index in [4.69, 9.17) is 48.9 Å². The molecule has 0 fully saturated rings. The Morgan fingerprint density at radius 2 is 0.841 bits per heavy atom. The molecule has 9 heteroatoms. The van der Waals surface area contributed by atoms with Gasteiger partial charge in [-0.2, -0.15) is 0 Å². The van der Waals surface area contributed by atoms with Crippen LogP contribution in [-0.4, -0.2) is 33.2 Å². The van der Waals surface area contributed by atoms with Crippen molar-refractivity contribution in [3.05, 3.63) is 105 Å². The molecule has 0 saturated heterocycles. The van der Waals surface area contributed by atoms with Crippen LogP contribution in [0.1, 0.15) is 33.6 Å². The number of aromatic nitrogens is 3. The van der Waals surface area contributed by atoms with Gasteiger partial charge in [0.1, 0.15) is 0 Å². The van der Waals surface area contributed by atoms with Crippen LogP contribution in [0.4, 0.5) is 0 Å². The Morgan fingerprint density at radius 3 is 1.18 bits per heavy atom. The van der Waals surface area contributed by atoms with Gasteiger partial charge in [0.2, 0.25) is 0 Å². The Balaban J connectivity index is 1.18. The molecule has 0 N–H and O–H groups in total. The van der Waals surface area contributed by atoms with Crippen molar-refractivity contribution in [3.63, 3.8) is 0 Å². The maximum Gasteiger partial charge on any atom is 0.0855 e. The van der Waals surface area contributed by atoms with Crippen molar-refractivity contribution in [1.29, 1.82) is 0 Å². The second kappa shape index (κ2) is 9.29. The molecule has 0 saturated carbocycles. The first-order chi connectivity index (χ1) is 21.2. The van der Waals surface area contributed by atoms with Crippen LogP contribution < -0.4 is 0 Å². The minimum Gasteiger partial charge on any atom is -0.342 e. The fourth-order valence-electron chi connectivity index (χ4n) is 6.85. The number of thiophene rings is 2. The summed E-state index contributed by atoms with van der Waals surface area (Å²) in [6, 6.07) is 20.9. The van der Waals surface area contributed by atoms with Gasteiger partial charge in [-0.1, -0.05) is 97.4 Å². The summed E-state index contributed by atoms with van der Waals surface area (Å²) in [6.07, 6.45) is 4.33. The molecule has 212 valence electrons. The molecule has 5 aromatic heterocycles. The van der Waals surface area contributed by atoms with Crippen LogP contribution in [0.2, 0.25) is 0 Å². The summed E-state index contributed by atoms with van der Waals surface area (Å²) in [7, 11) is 6.48. The fraction of sp³-hybridized carbons (Fsp3) is 0.0857. The largest absolute Gasteiger partial charge is 0.342 e. The molecule has 3 nitrogen and oxygen atoms in total. The molecule has 5 heterocycles. The second-order valence-electron chi connectivity index (χ2n) is 11.3. The maximum absolute atomic E-state index is 5.85. The van der Waals surface area contributed by atoms with E-state index >= 15 is 0 Å². The highest BCUT2D eigenvalue weighted by molar-refractivity contribution is 7.84. The number of hydrogen-bond acceptors (Lipinski definition) is 6. The molecule has 0 bridgehead atoms. The van der Waals surface area contributed by atoms with Gasteiger partial charge in [-0.05, 0) is 24.3 Å². The van der Waals surface area contributed by atoms with Gasteiger partial charge in [0.25, 0.3) is 0 Å². The van der Waals surface area contributed by atoms with Crippen molar-refractivity contribution >= 4 is 144 Å². The lowest BCUT2D eigenvalue weighted by molar-refractivity contribution is 0.937. The van der Waals surface area contributed by atoms with Gasteiger partial charge in [-0.15, -0.1) is 22.7 Å². The standard InChI is InChI=1S/C35H21N3S6/c1-36-16(12-22-30(39)18-8-4-5-9-19(18)31(22)40)14-24-26(36)28-34(43-24)35-29(38(28)3)27-25(44-35)15-17(37(27)2)13-23-32(41)20-10-6-7-11-21(20)33(23)42/h4-15H,1-3H3. The average molecular weight is 676 g/mol. The van der Waals surface area contributed by atoms with E-state index in [1.807, 2.05) is 46.9 Å². The number of aryl methyl sites for hydroxylation is 3. The molecule has 7 aromatic rings. The summed E-state index contributed by atoms with van der Waals surface area (Å²) in [5, 5.41) is 0. The maximum atomic E-state index is 5.85. The van der Waals surface area contributed by atoms with Crippen LogP contribution >= 0.6 is 71.5 Å². The van der Waals surface area contributed by atoms with E-state index in [1.165, 1.54) is 40.9 Å². The summed E-state index contributed by atoms with van der Waals surface area (Å²) in [5.41, 5.74) is 13.4. The summed E-state index contributed by atoms with van der Waals surface area (Å²) in [5.74, 6) is 0. The van der Waals surface area contributed by atoms with Gasteiger partial charge in [0.15, 0.2) is 0 Å². The van der Waals surface area contributed by atoms with Crippen LogP contribution in [0.5, 0.6) is 0 Å². The van der Waals surface area contributed by atoms with E-state index in [-0.39, 0.29) is 0 Å². The number of nitrogens with zero attached hydrogens (tertiary/aromatic N) is 3. The van der Waals surface area contributed by atoms with Gasteiger partial charge in [-0.3, -0.25) is 0 Å². The molecule has 9 rings (SSSR count). The molecule has 2 aliphatic rings. The Bertz CT molecular complexity index is 2350. The lowest BCUT2D eigenvalue weighted by atomic mass is 10.1. The lowest BCUT2D eigenvalue weighted by Crippen LogP contribution is -2.01. The number of thiocarbonyl (C=S) groups is 4. The molecule has 0 amide bonds. The molecule has 0 aliphatic heterocycles. The predicted octanol–water partition coefficient (Wildman–Crippen LogP) is 9.50. The zero-order valence-corrected chi connectivity index (χ0v) is 28.6. The first-order valence-electron chi connectivity index (χ1n) is 14.0.